The van der Waals surface area contributed by atoms with E-state index in [1.165, 1.54) is 78.4 Å². The Morgan fingerprint density at radius 1 is 0.319 bits per heavy atom. The average Bonchev–Trinajstić information content (AvgIpc) is 1.70. The van der Waals surface area contributed by atoms with E-state index in [2.05, 4.69) is 288 Å². The summed E-state index contributed by atoms with van der Waals surface area (Å²) in [5.74, 6) is 8.71. The lowest BCUT2D eigenvalue weighted by Gasteiger charge is -1.99. The third kappa shape index (κ3) is 188. The molecule has 2 aromatic carbocycles. The molecule has 18 nitrogen and oxygen atoms in total. The normalized spacial score (nSPS) is 8.09. The molecule has 0 saturated carbocycles. The van der Waals surface area contributed by atoms with Gasteiger partial charge in [0.2, 0.25) is 19.2 Å². The molecule has 22 heteroatoms. The van der Waals surface area contributed by atoms with Gasteiger partial charge in [0, 0.05) is 28.6 Å². The predicted molar refractivity (Wildman–Crippen MR) is 528 cm³/mol. The number of H-pyrrole nitrogens is 2. The molecule has 12 rings (SSSR count). The first kappa shape index (κ1) is 147. The summed E-state index contributed by atoms with van der Waals surface area (Å²) in [5, 5.41) is 31.4. The van der Waals surface area contributed by atoms with E-state index < -0.39 is 0 Å². The summed E-state index contributed by atoms with van der Waals surface area (Å²) in [4.78, 5) is 22.1. The second-order valence-electron chi connectivity index (χ2n) is 25.7. The third-order valence-electron chi connectivity index (χ3n) is 6.70. The minimum absolute atomic E-state index is 0.470. The van der Waals surface area contributed by atoms with Crippen molar-refractivity contribution in [2.75, 3.05) is 0 Å². The Balaban J connectivity index is -0.0000000652. The van der Waals surface area contributed by atoms with Crippen LogP contribution in [-0.2, 0) is 0 Å². The van der Waals surface area contributed by atoms with Crippen LogP contribution in [0.4, 0.5) is 0 Å². The van der Waals surface area contributed by atoms with Gasteiger partial charge >= 0.3 is 0 Å². The van der Waals surface area contributed by atoms with Gasteiger partial charge in [-0.3, -0.25) is 10.1 Å². The topological polar surface area (TPSA) is 239 Å². The number of nitrogens with zero attached hydrogens (tertiary/aromatic N) is 12. The quantitative estimate of drug-likeness (QED) is 0.164. The summed E-state index contributed by atoms with van der Waals surface area (Å²) >= 11 is 6.16. The van der Waals surface area contributed by atoms with Crippen molar-refractivity contribution in [2.45, 2.75) is 344 Å². The molecule has 0 amide bonds. The first-order chi connectivity index (χ1) is 55.4. The third-order valence-corrected chi connectivity index (χ3v) is 8.71. The molecular formula is C94H186N14O4S4. The van der Waals surface area contributed by atoms with Crippen LogP contribution in [0.2, 0.25) is 0 Å². The number of para-hydroxylation sites is 3. The van der Waals surface area contributed by atoms with E-state index in [-0.39, 0.29) is 0 Å². The van der Waals surface area contributed by atoms with Gasteiger partial charge in [0.05, 0.1) is 40.8 Å². The highest BCUT2D eigenvalue weighted by Gasteiger charge is 2.07. The number of imidazole rings is 1. The summed E-state index contributed by atoms with van der Waals surface area (Å²) in [5.41, 5.74) is 11.3. The number of nitrogens with one attached hydrogen (secondary N) is 2. The lowest BCUT2D eigenvalue weighted by Crippen LogP contribution is -1.88. The van der Waals surface area contributed by atoms with Crippen molar-refractivity contribution in [3.63, 3.8) is 0 Å². The molecule has 12 aromatic rings. The lowest BCUT2D eigenvalue weighted by atomic mass is 10.1. The Hall–Kier alpha value is -7.40. The van der Waals surface area contributed by atoms with E-state index in [1.807, 2.05) is 221 Å². The number of benzene rings is 2. The summed E-state index contributed by atoms with van der Waals surface area (Å²) in [6, 6.07) is 24.0. The zero-order valence-corrected chi connectivity index (χ0v) is 87.0. The monoisotopic (exact) mass is 1700 g/mol. The second kappa shape index (κ2) is 143. The van der Waals surface area contributed by atoms with E-state index >= 15 is 0 Å². The molecular weight excluding hydrogens is 1520 g/mol. The van der Waals surface area contributed by atoms with Crippen LogP contribution in [0.3, 0.4) is 0 Å². The van der Waals surface area contributed by atoms with Crippen molar-refractivity contribution in [2.24, 2.45) is 47.3 Å². The number of fused-ring (bicyclic) bond motifs is 2. The molecule has 0 bridgehead atoms. The van der Waals surface area contributed by atoms with Gasteiger partial charge in [0.15, 0.2) is 12.7 Å². The van der Waals surface area contributed by atoms with E-state index in [0.717, 1.165) is 69.7 Å². The highest BCUT2D eigenvalue weighted by atomic mass is 32.1. The zero-order valence-electron chi connectivity index (χ0n) is 83.7. The maximum atomic E-state index is 4.58. The molecule has 0 atom stereocenters. The highest BCUT2D eigenvalue weighted by Crippen LogP contribution is 2.22. The Kier molecular flexibility index (Phi) is 180. The molecule has 0 aliphatic rings. The van der Waals surface area contributed by atoms with Crippen LogP contribution in [0.25, 0.3) is 21.9 Å². The Morgan fingerprint density at radius 2 is 0.733 bits per heavy atom. The molecule has 0 spiro atoms. The maximum absolute atomic E-state index is 4.58. The first-order valence-corrected chi connectivity index (χ1v) is 46.3. The molecule has 0 fully saturated rings. The Morgan fingerprint density at radius 3 is 0.940 bits per heavy atom. The Labute approximate surface area is 733 Å². The molecule has 0 saturated heterocycles. The molecule has 680 valence electrons. The fourth-order valence-electron chi connectivity index (χ4n) is 4.01. The van der Waals surface area contributed by atoms with Gasteiger partial charge in [-0.2, -0.15) is 20.8 Å². The molecule has 0 aliphatic carbocycles. The molecule has 10 heterocycles. The van der Waals surface area contributed by atoms with Crippen LogP contribution < -0.4 is 0 Å². The molecule has 116 heavy (non-hydrogen) atoms. The summed E-state index contributed by atoms with van der Waals surface area (Å²) in [6.45, 7) is 101. The highest BCUT2D eigenvalue weighted by molar-refractivity contribution is 7.08. The van der Waals surface area contributed by atoms with Crippen LogP contribution in [-0.4, -0.2) is 70.0 Å². The van der Waals surface area contributed by atoms with E-state index in [9.17, 15) is 0 Å². The minimum atomic E-state index is 0.470. The number of oxazole rings is 1. The number of hydrogen-bond acceptors (Lipinski definition) is 20. The van der Waals surface area contributed by atoms with Crippen molar-refractivity contribution < 1.29 is 17.8 Å². The number of hydrogen-bond donors (Lipinski definition) is 2. The smallest absolute Gasteiger partial charge is 0.213 e. The van der Waals surface area contributed by atoms with Crippen molar-refractivity contribution in [3.05, 3.63) is 192 Å². The molecule has 10 aromatic heterocycles. The van der Waals surface area contributed by atoms with Crippen molar-refractivity contribution in [1.29, 1.82) is 0 Å². The van der Waals surface area contributed by atoms with Crippen LogP contribution in [0.15, 0.2) is 198 Å². The number of rotatable bonds is 2. The standard InChI is InChI=1S/2C10H12N2.C4H4O.C4H4S.8C4H10.C3H3NO.C3H3NS.2C2H2N2O.2C2H2N2S.10C2H6/c1-7(2)10-11-8-5-3-4-6-9(8)12-10;1-7(2)10-8-5-3-4-6-9(8)11-12-10;2*1-2-4-5-3-1;8*1-4(2)3;2*1-2-5-3-4-1;1-3-4-2-5-1;1-3-2-5-4-1;1-3-4-2-5-1;1-3-2-5-4-1;10*1-2/h2*3-7H,1-2H3,(H,11,12);2*1-4H;8*4H,1-3H3;2*1-3H;4*1-2H;10*1-2H3. The lowest BCUT2D eigenvalue weighted by molar-refractivity contribution is 0.416. The molecule has 0 aliphatic heterocycles. The fourth-order valence-corrected chi connectivity index (χ4v) is 5.36. The van der Waals surface area contributed by atoms with Crippen LogP contribution in [0.1, 0.15) is 356 Å². The SMILES string of the molecule is CC.CC.CC.CC.CC.CC.CC.CC.CC.CC.CC(C)C.CC(C)C.CC(C)C.CC(C)C.CC(C)C.CC(C)C.CC(C)C.CC(C)C.CC(C)c1[nH]nc2ccccc12.CC(C)c1nc2ccccc2[nH]1.c1ccoc1.c1ccsc1.c1cocn1.c1cscn1.c1ncon1.c1ncsn1.c1nnco1.c1nncs1. The van der Waals surface area contributed by atoms with Gasteiger partial charge in [-0.1, -0.05) is 380 Å². The van der Waals surface area contributed by atoms with Gasteiger partial charge in [-0.25, -0.2) is 19.9 Å². The van der Waals surface area contributed by atoms with Crippen LogP contribution >= 0.6 is 45.5 Å². The van der Waals surface area contributed by atoms with Crippen LogP contribution in [0.5, 0.6) is 0 Å². The fraction of sp³-hybridized carbons (Fsp3) is 0.617. The van der Waals surface area contributed by atoms with E-state index in [1.54, 1.807) is 69.6 Å². The number of furan rings is 1. The molecule has 2 N–H and O–H groups in total. The number of thiazole rings is 1. The maximum Gasteiger partial charge on any atom is 0.213 e. The molecule has 0 radical (unpaired) electrons. The van der Waals surface area contributed by atoms with Gasteiger partial charge in [-0.05, 0) is 106 Å². The zero-order chi connectivity index (χ0) is 94.0. The average molecular weight is 1700 g/mol. The molecule has 0 unspecified atom stereocenters. The minimum Gasteiger partial charge on any atom is -0.473 e. The van der Waals surface area contributed by atoms with Crippen molar-refractivity contribution in [1.82, 2.24) is 70.0 Å². The number of thiophene rings is 1. The van der Waals surface area contributed by atoms with Gasteiger partial charge in [-0.15, -0.1) is 43.1 Å². The second-order valence-corrected chi connectivity index (χ2v) is 28.6. The van der Waals surface area contributed by atoms with Gasteiger partial charge < -0.3 is 22.8 Å². The summed E-state index contributed by atoms with van der Waals surface area (Å²) < 4.78 is 21.3. The first-order valence-electron chi connectivity index (χ1n) is 42.6. The van der Waals surface area contributed by atoms with Crippen molar-refractivity contribution >= 4 is 67.5 Å². The van der Waals surface area contributed by atoms with Gasteiger partial charge in [0.1, 0.15) is 34.9 Å². The van der Waals surface area contributed by atoms with E-state index in [4.69, 9.17) is 0 Å². The van der Waals surface area contributed by atoms with Crippen LogP contribution in [0, 0.1) is 47.3 Å². The van der Waals surface area contributed by atoms with Gasteiger partial charge in [0.25, 0.3) is 0 Å². The number of aromatic nitrogens is 14. The summed E-state index contributed by atoms with van der Waals surface area (Å²) in [7, 11) is 0. The Bertz CT molecular complexity index is 2440. The van der Waals surface area contributed by atoms with Crippen molar-refractivity contribution in [3.8, 4) is 0 Å². The number of aromatic amines is 2. The largest absolute Gasteiger partial charge is 0.473 e. The predicted octanol–water partition coefficient (Wildman–Crippen LogP) is 35.0. The summed E-state index contributed by atoms with van der Waals surface area (Å²) in [6.07, 6.45) is 16.1. The van der Waals surface area contributed by atoms with E-state index in [0.29, 0.717) is 11.8 Å².